The van der Waals surface area contributed by atoms with E-state index in [1.165, 1.54) is 19.1 Å². The van der Waals surface area contributed by atoms with Crippen molar-refractivity contribution in [3.8, 4) is 0 Å². The number of hydrogen-bond acceptors (Lipinski definition) is 6. The van der Waals surface area contributed by atoms with E-state index >= 15 is 0 Å². The molecule has 0 radical (unpaired) electrons. The first kappa shape index (κ1) is 21.2. The minimum absolute atomic E-state index is 0.00908. The summed E-state index contributed by atoms with van der Waals surface area (Å²) in [7, 11) is 0. The second kappa shape index (κ2) is 8.62. The molecule has 2 aromatic carbocycles. The van der Waals surface area contributed by atoms with Crippen LogP contribution in [0.15, 0.2) is 48.5 Å². The van der Waals surface area contributed by atoms with E-state index in [1.54, 1.807) is 36.4 Å². The minimum Gasteiger partial charge on any atom is -0.449 e. The number of amides is 5. The van der Waals surface area contributed by atoms with Gasteiger partial charge in [-0.1, -0.05) is 24.3 Å². The summed E-state index contributed by atoms with van der Waals surface area (Å²) in [5.41, 5.74) is 1.40. The molecule has 2 N–H and O–H groups in total. The van der Waals surface area contributed by atoms with E-state index in [1.807, 2.05) is 0 Å². The lowest BCUT2D eigenvalue weighted by Crippen LogP contribution is -2.45. The maximum Gasteiger partial charge on any atom is 0.338 e. The fraction of sp³-hybridized carbons (Fsp3) is 0.261. The third-order valence-electron chi connectivity index (χ3n) is 5.18. The van der Waals surface area contributed by atoms with Crippen molar-refractivity contribution in [3.05, 3.63) is 70.8 Å². The van der Waals surface area contributed by atoms with Gasteiger partial charge in [0.25, 0.3) is 17.7 Å². The molecule has 0 aromatic heterocycles. The van der Waals surface area contributed by atoms with E-state index in [-0.39, 0.29) is 18.2 Å². The molecule has 2 aromatic rings. The number of imide groups is 2. The highest BCUT2D eigenvalue weighted by Gasteiger charge is 2.35. The number of nitrogens with zero attached hydrogens (tertiary/aromatic N) is 1. The zero-order valence-electron chi connectivity index (χ0n) is 17.3. The smallest absolute Gasteiger partial charge is 0.338 e. The molecule has 1 unspecified atom stereocenters. The summed E-state index contributed by atoms with van der Waals surface area (Å²) in [6.45, 7) is 1.35. The molecular weight excluding hydrogens is 414 g/mol. The number of carbonyl (C=O) groups excluding carboxylic acids is 5. The fourth-order valence-electron chi connectivity index (χ4n) is 3.31. The Kier molecular flexibility index (Phi) is 5.72. The van der Waals surface area contributed by atoms with Gasteiger partial charge in [-0.15, -0.1) is 0 Å². The van der Waals surface area contributed by atoms with Crippen molar-refractivity contribution < 1.29 is 28.7 Å². The van der Waals surface area contributed by atoms with Crippen LogP contribution < -0.4 is 10.6 Å². The molecule has 4 rings (SSSR count). The van der Waals surface area contributed by atoms with Crippen molar-refractivity contribution >= 4 is 29.7 Å². The Morgan fingerprint density at radius 1 is 1.03 bits per heavy atom. The van der Waals surface area contributed by atoms with Crippen LogP contribution in [0.1, 0.15) is 56.4 Å². The molecule has 1 atom stereocenters. The Hall–Kier alpha value is -4.01. The Morgan fingerprint density at radius 2 is 1.69 bits per heavy atom. The monoisotopic (exact) mass is 435 g/mol. The Labute approximate surface area is 183 Å². The Bertz CT molecular complexity index is 1090. The van der Waals surface area contributed by atoms with E-state index in [9.17, 15) is 24.0 Å². The summed E-state index contributed by atoms with van der Waals surface area (Å²) in [4.78, 5) is 62.4. The van der Waals surface area contributed by atoms with Crippen LogP contribution in [0.25, 0.3) is 0 Å². The minimum atomic E-state index is -1.19. The number of esters is 1. The van der Waals surface area contributed by atoms with Gasteiger partial charge in [-0.2, -0.15) is 0 Å². The summed E-state index contributed by atoms with van der Waals surface area (Å²) in [6.07, 6.45) is 0.569. The lowest BCUT2D eigenvalue weighted by molar-refractivity contribution is -0.127. The van der Waals surface area contributed by atoms with Gasteiger partial charge >= 0.3 is 12.0 Å². The number of hydrogen-bond donors (Lipinski definition) is 2. The predicted molar refractivity (Wildman–Crippen MR) is 112 cm³/mol. The lowest BCUT2D eigenvalue weighted by atomic mass is 10.1. The molecule has 164 valence electrons. The highest BCUT2D eigenvalue weighted by Crippen LogP contribution is 2.24. The van der Waals surface area contributed by atoms with Crippen molar-refractivity contribution in [2.24, 2.45) is 0 Å². The number of carbonyl (C=O) groups is 5. The quantitative estimate of drug-likeness (QED) is 0.529. The second-order valence-corrected chi connectivity index (χ2v) is 7.73. The van der Waals surface area contributed by atoms with Gasteiger partial charge in [0.15, 0.2) is 6.10 Å². The van der Waals surface area contributed by atoms with E-state index in [0.717, 1.165) is 17.7 Å². The molecule has 1 aliphatic carbocycles. The van der Waals surface area contributed by atoms with Crippen molar-refractivity contribution in [1.29, 1.82) is 0 Å². The van der Waals surface area contributed by atoms with E-state index in [0.29, 0.717) is 16.7 Å². The molecule has 0 spiro atoms. The van der Waals surface area contributed by atoms with Crippen molar-refractivity contribution in [2.45, 2.75) is 38.5 Å². The lowest BCUT2D eigenvalue weighted by Gasteiger charge is -2.15. The van der Waals surface area contributed by atoms with Crippen LogP contribution in [-0.2, 0) is 16.1 Å². The van der Waals surface area contributed by atoms with Crippen LogP contribution in [0.4, 0.5) is 4.79 Å². The van der Waals surface area contributed by atoms with Crippen LogP contribution in [0.5, 0.6) is 0 Å². The van der Waals surface area contributed by atoms with Crippen molar-refractivity contribution in [1.82, 2.24) is 15.5 Å². The summed E-state index contributed by atoms with van der Waals surface area (Å²) >= 11 is 0. The number of urea groups is 1. The predicted octanol–water partition coefficient (Wildman–Crippen LogP) is 2.02. The summed E-state index contributed by atoms with van der Waals surface area (Å²) < 4.78 is 5.16. The fourth-order valence-corrected chi connectivity index (χ4v) is 3.31. The third kappa shape index (κ3) is 4.51. The van der Waals surface area contributed by atoms with Gasteiger partial charge in [0, 0.05) is 6.04 Å². The first-order chi connectivity index (χ1) is 15.3. The van der Waals surface area contributed by atoms with Gasteiger partial charge in [0.05, 0.1) is 23.2 Å². The van der Waals surface area contributed by atoms with Gasteiger partial charge in [0.1, 0.15) is 0 Å². The Balaban J connectivity index is 1.38. The van der Waals surface area contributed by atoms with Crippen LogP contribution in [0, 0.1) is 0 Å². The third-order valence-corrected chi connectivity index (χ3v) is 5.18. The highest BCUT2D eigenvalue weighted by molar-refractivity contribution is 6.21. The number of nitrogens with one attached hydrogen (secondary N) is 2. The molecule has 9 nitrogen and oxygen atoms in total. The first-order valence-electron chi connectivity index (χ1n) is 10.2. The summed E-state index contributed by atoms with van der Waals surface area (Å²) in [5.74, 6) is -2.29. The Morgan fingerprint density at radius 3 is 2.31 bits per heavy atom. The van der Waals surface area contributed by atoms with E-state index in [2.05, 4.69) is 10.6 Å². The molecule has 32 heavy (non-hydrogen) atoms. The van der Waals surface area contributed by atoms with E-state index in [4.69, 9.17) is 4.74 Å². The molecule has 1 saturated carbocycles. The average Bonchev–Trinajstić information content (AvgIpc) is 3.56. The van der Waals surface area contributed by atoms with Gasteiger partial charge in [0.2, 0.25) is 0 Å². The SMILES string of the molecule is CC(OC(=O)c1cccc(CN2C(=O)c3ccccc3C2=O)c1)C(=O)NC(=O)NC1CC1. The number of benzene rings is 2. The molecule has 0 bridgehead atoms. The van der Waals surface area contributed by atoms with Crippen molar-refractivity contribution in [2.75, 3.05) is 0 Å². The van der Waals surface area contributed by atoms with Gasteiger partial charge in [-0.3, -0.25) is 24.6 Å². The number of rotatable bonds is 6. The largest absolute Gasteiger partial charge is 0.449 e. The molecule has 9 heteroatoms. The number of ether oxygens (including phenoxy) is 1. The van der Waals surface area contributed by atoms with Crippen LogP contribution in [0.2, 0.25) is 0 Å². The zero-order chi connectivity index (χ0) is 22.8. The maximum absolute atomic E-state index is 12.5. The van der Waals surface area contributed by atoms with Crippen LogP contribution >= 0.6 is 0 Å². The highest BCUT2D eigenvalue weighted by atomic mass is 16.5. The maximum atomic E-state index is 12.5. The topological polar surface area (TPSA) is 122 Å². The molecular formula is C23H21N3O6. The second-order valence-electron chi connectivity index (χ2n) is 7.73. The molecule has 1 aliphatic heterocycles. The van der Waals surface area contributed by atoms with Crippen LogP contribution in [0.3, 0.4) is 0 Å². The standard InChI is InChI=1S/C23H21N3O6/c1-13(19(27)25-23(31)24-16-9-10-16)32-22(30)15-6-4-5-14(11-15)12-26-20(28)17-7-2-3-8-18(17)21(26)29/h2-8,11,13,16H,9-10,12H2,1H3,(H2,24,25,27,31). The first-order valence-corrected chi connectivity index (χ1v) is 10.2. The van der Waals surface area contributed by atoms with Crippen LogP contribution in [-0.4, -0.2) is 46.8 Å². The molecule has 0 saturated heterocycles. The van der Waals surface area contributed by atoms with Gasteiger partial charge in [-0.25, -0.2) is 9.59 Å². The molecule has 1 heterocycles. The zero-order valence-corrected chi connectivity index (χ0v) is 17.3. The summed E-state index contributed by atoms with van der Waals surface area (Å²) in [6, 6.07) is 12.3. The average molecular weight is 435 g/mol. The van der Waals surface area contributed by atoms with E-state index < -0.39 is 35.8 Å². The molecule has 5 amide bonds. The van der Waals surface area contributed by atoms with Gasteiger partial charge in [-0.05, 0) is 49.6 Å². The molecule has 2 aliphatic rings. The van der Waals surface area contributed by atoms with Crippen molar-refractivity contribution in [3.63, 3.8) is 0 Å². The normalized spacial score (nSPS) is 15.7. The van der Waals surface area contributed by atoms with Gasteiger partial charge < -0.3 is 10.1 Å². The number of fused-ring (bicyclic) bond motifs is 1. The molecule has 1 fully saturated rings. The summed E-state index contributed by atoms with van der Waals surface area (Å²) in [5, 5.41) is 4.75.